The Morgan fingerprint density at radius 2 is 2.08 bits per heavy atom. The summed E-state index contributed by atoms with van der Waals surface area (Å²) < 4.78 is 19.4. The summed E-state index contributed by atoms with van der Waals surface area (Å²) in [5.74, 6) is -0.746. The van der Waals surface area contributed by atoms with Gasteiger partial charge in [0.15, 0.2) is 5.78 Å². The van der Waals surface area contributed by atoms with E-state index >= 15 is 0 Å². The molecule has 1 heterocycles. The van der Waals surface area contributed by atoms with Gasteiger partial charge in [-0.05, 0) is 37.3 Å². The number of halogens is 1. The van der Waals surface area contributed by atoms with E-state index in [-0.39, 0.29) is 23.2 Å². The zero-order valence-electron chi connectivity index (χ0n) is 14.3. The first-order valence-corrected chi connectivity index (χ1v) is 8.70. The lowest BCUT2D eigenvalue weighted by Gasteiger charge is -2.47. The van der Waals surface area contributed by atoms with Gasteiger partial charge in [0.1, 0.15) is 17.4 Å². The summed E-state index contributed by atoms with van der Waals surface area (Å²) in [6, 6.07) is 5.89. The Morgan fingerprint density at radius 3 is 2.84 bits per heavy atom. The first-order valence-electron chi connectivity index (χ1n) is 8.70. The molecule has 0 spiro atoms. The fourth-order valence-corrected chi connectivity index (χ4v) is 4.85. The molecule has 25 heavy (non-hydrogen) atoms. The highest BCUT2D eigenvalue weighted by Crippen LogP contribution is 2.54. The minimum absolute atomic E-state index is 0.0115. The maximum absolute atomic E-state index is 14.0. The van der Waals surface area contributed by atoms with Crippen LogP contribution in [0.4, 0.5) is 4.39 Å². The largest absolute Gasteiger partial charge is 0.361 e. The smallest absolute Gasteiger partial charge is 0.176 e. The van der Waals surface area contributed by atoms with Crippen molar-refractivity contribution in [3.63, 3.8) is 0 Å². The SMILES string of the molecule is C[C@H]1c2oncc2C[C@@]2(C)C(=O)C(C(=O)c3ccccc3F)CC[C@H]12. The number of carbonyl (C=O) groups excluding carboxylic acids is 2. The maximum atomic E-state index is 14.0. The number of benzene rings is 1. The lowest BCUT2D eigenvalue weighted by Crippen LogP contribution is -2.51. The van der Waals surface area contributed by atoms with E-state index in [0.29, 0.717) is 12.8 Å². The fourth-order valence-electron chi connectivity index (χ4n) is 4.85. The van der Waals surface area contributed by atoms with Gasteiger partial charge >= 0.3 is 0 Å². The van der Waals surface area contributed by atoms with Crippen LogP contribution < -0.4 is 0 Å². The van der Waals surface area contributed by atoms with Crippen molar-refractivity contribution in [1.82, 2.24) is 5.16 Å². The normalized spacial score (nSPS) is 31.3. The Hall–Kier alpha value is -2.30. The standard InChI is InChI=1S/C20H20FNO3/c1-11-15-8-7-14(17(23)13-5-3-4-6-16(13)21)19(24)20(15,2)9-12-10-22-25-18(11)12/h3-6,10-11,14-15H,7-9H2,1-2H3/t11-,14?,15-,20-/m1/s1. The van der Waals surface area contributed by atoms with Gasteiger partial charge < -0.3 is 4.52 Å². The van der Waals surface area contributed by atoms with Crippen LogP contribution in [0.5, 0.6) is 0 Å². The molecule has 2 aromatic rings. The van der Waals surface area contributed by atoms with E-state index in [1.165, 1.54) is 12.1 Å². The molecule has 1 aromatic heterocycles. The van der Waals surface area contributed by atoms with Crippen molar-refractivity contribution in [2.24, 2.45) is 17.3 Å². The van der Waals surface area contributed by atoms with Crippen molar-refractivity contribution in [2.45, 2.75) is 39.0 Å². The summed E-state index contributed by atoms with van der Waals surface area (Å²) in [5, 5.41) is 3.88. The Morgan fingerprint density at radius 1 is 1.32 bits per heavy atom. The summed E-state index contributed by atoms with van der Waals surface area (Å²) in [7, 11) is 0. The lowest BCUT2D eigenvalue weighted by atomic mass is 9.53. The van der Waals surface area contributed by atoms with E-state index in [0.717, 1.165) is 17.7 Å². The maximum Gasteiger partial charge on any atom is 0.176 e. The molecule has 1 unspecified atom stereocenters. The highest BCUT2D eigenvalue weighted by molar-refractivity contribution is 6.12. The second kappa shape index (κ2) is 5.61. The van der Waals surface area contributed by atoms with Crippen molar-refractivity contribution in [3.8, 4) is 0 Å². The molecule has 0 bridgehead atoms. The minimum atomic E-state index is -0.772. The highest BCUT2D eigenvalue weighted by Gasteiger charge is 2.55. The second-order valence-corrected chi connectivity index (χ2v) is 7.54. The molecule has 0 saturated heterocycles. The van der Waals surface area contributed by atoms with Crippen LogP contribution in [0.15, 0.2) is 35.0 Å². The number of carbonyl (C=O) groups is 2. The molecule has 130 valence electrons. The molecule has 2 aliphatic carbocycles. The van der Waals surface area contributed by atoms with Crippen molar-refractivity contribution in [2.75, 3.05) is 0 Å². The van der Waals surface area contributed by atoms with Crippen molar-refractivity contribution in [1.29, 1.82) is 0 Å². The molecule has 1 saturated carbocycles. The Kier molecular flexibility index (Phi) is 3.63. The molecule has 0 N–H and O–H groups in total. The van der Waals surface area contributed by atoms with Gasteiger partial charge in [0.05, 0.1) is 17.7 Å². The van der Waals surface area contributed by atoms with Crippen LogP contribution in [-0.2, 0) is 11.2 Å². The Balaban J connectivity index is 1.69. The van der Waals surface area contributed by atoms with Crippen LogP contribution in [0, 0.1) is 23.1 Å². The van der Waals surface area contributed by atoms with Gasteiger partial charge in [-0.2, -0.15) is 0 Å². The van der Waals surface area contributed by atoms with E-state index in [9.17, 15) is 14.0 Å². The number of Topliss-reactive ketones (excluding diaryl/α,β-unsaturated/α-hetero) is 2. The monoisotopic (exact) mass is 341 g/mol. The summed E-state index contributed by atoms with van der Waals surface area (Å²) >= 11 is 0. The van der Waals surface area contributed by atoms with Gasteiger partial charge in [0.25, 0.3) is 0 Å². The zero-order chi connectivity index (χ0) is 17.8. The van der Waals surface area contributed by atoms with E-state index in [1.54, 1.807) is 18.3 Å². The summed E-state index contributed by atoms with van der Waals surface area (Å²) in [6.45, 7) is 3.99. The topological polar surface area (TPSA) is 60.2 Å². The van der Waals surface area contributed by atoms with Gasteiger partial charge in [-0.15, -0.1) is 0 Å². The predicted molar refractivity (Wildman–Crippen MR) is 88.7 cm³/mol. The first kappa shape index (κ1) is 16.2. The quantitative estimate of drug-likeness (QED) is 0.613. The van der Waals surface area contributed by atoms with Gasteiger partial charge in [-0.25, -0.2) is 4.39 Å². The van der Waals surface area contributed by atoms with Crippen molar-refractivity contribution >= 4 is 11.6 Å². The third-order valence-electron chi connectivity index (χ3n) is 6.17. The highest BCUT2D eigenvalue weighted by atomic mass is 19.1. The van der Waals surface area contributed by atoms with Gasteiger partial charge in [0, 0.05) is 16.9 Å². The molecular formula is C20H20FNO3. The van der Waals surface area contributed by atoms with E-state index < -0.39 is 22.9 Å². The molecule has 2 aliphatic rings. The van der Waals surface area contributed by atoms with Crippen molar-refractivity contribution < 1.29 is 18.5 Å². The average molecular weight is 341 g/mol. The molecule has 1 fully saturated rings. The number of rotatable bonds is 2. The third-order valence-corrected chi connectivity index (χ3v) is 6.17. The molecule has 4 atom stereocenters. The van der Waals surface area contributed by atoms with Crippen LogP contribution >= 0.6 is 0 Å². The summed E-state index contributed by atoms with van der Waals surface area (Å²) in [6.07, 6.45) is 3.40. The Bertz CT molecular complexity index is 858. The average Bonchev–Trinajstić information content (AvgIpc) is 3.05. The van der Waals surface area contributed by atoms with Crippen molar-refractivity contribution in [3.05, 3.63) is 53.2 Å². The van der Waals surface area contributed by atoms with Gasteiger partial charge in [-0.1, -0.05) is 31.1 Å². The van der Waals surface area contributed by atoms with Crippen LogP contribution in [0.1, 0.15) is 54.3 Å². The molecular weight excluding hydrogens is 321 g/mol. The molecule has 4 rings (SSSR count). The molecule has 0 aliphatic heterocycles. The van der Waals surface area contributed by atoms with Crippen LogP contribution in [0.3, 0.4) is 0 Å². The number of aromatic nitrogens is 1. The number of hydrogen-bond acceptors (Lipinski definition) is 4. The third kappa shape index (κ3) is 2.29. The van der Waals surface area contributed by atoms with E-state index in [4.69, 9.17) is 4.52 Å². The Labute approximate surface area is 145 Å². The number of ketones is 2. The second-order valence-electron chi connectivity index (χ2n) is 7.54. The number of nitrogens with zero attached hydrogens (tertiary/aromatic N) is 1. The minimum Gasteiger partial charge on any atom is -0.361 e. The van der Waals surface area contributed by atoms with Crippen LogP contribution in [-0.4, -0.2) is 16.7 Å². The van der Waals surface area contributed by atoms with E-state index in [1.807, 2.05) is 6.92 Å². The fraction of sp³-hybridized carbons (Fsp3) is 0.450. The molecule has 5 heteroatoms. The predicted octanol–water partition coefficient (Wildman–Crippen LogP) is 3.96. The van der Waals surface area contributed by atoms with Crippen LogP contribution in [0.25, 0.3) is 0 Å². The summed E-state index contributed by atoms with van der Waals surface area (Å²) in [4.78, 5) is 26.1. The van der Waals surface area contributed by atoms with E-state index in [2.05, 4.69) is 12.1 Å². The molecule has 1 aromatic carbocycles. The molecule has 0 radical (unpaired) electrons. The van der Waals surface area contributed by atoms with Crippen LogP contribution in [0.2, 0.25) is 0 Å². The lowest BCUT2D eigenvalue weighted by molar-refractivity contribution is -0.139. The number of fused-ring (bicyclic) bond motifs is 2. The van der Waals surface area contributed by atoms with Gasteiger partial charge in [-0.3, -0.25) is 9.59 Å². The number of hydrogen-bond donors (Lipinski definition) is 0. The van der Waals surface area contributed by atoms with Gasteiger partial charge in [0.2, 0.25) is 0 Å². The molecule has 0 amide bonds. The summed E-state index contributed by atoms with van der Waals surface area (Å²) in [5.41, 5.74) is 0.318. The zero-order valence-corrected chi connectivity index (χ0v) is 14.3. The first-order chi connectivity index (χ1) is 11.9. The molecule has 4 nitrogen and oxygen atoms in total.